The lowest BCUT2D eigenvalue weighted by Crippen LogP contribution is -2.36. The van der Waals surface area contributed by atoms with Crippen molar-refractivity contribution in [2.45, 2.75) is 38.8 Å². The summed E-state index contributed by atoms with van der Waals surface area (Å²) in [6, 6.07) is 0. The molecular weight excluding hydrogens is 285 g/mol. The Kier molecular flexibility index (Phi) is 5.27. The van der Waals surface area contributed by atoms with Crippen LogP contribution in [0.2, 0.25) is 0 Å². The first kappa shape index (κ1) is 16.3. The molecule has 2 heterocycles. The number of oxazole rings is 1. The molecule has 0 unspecified atom stereocenters. The van der Waals surface area contributed by atoms with Crippen molar-refractivity contribution in [3.05, 3.63) is 17.3 Å². The molecule has 0 amide bonds. The fraction of sp³-hybridized carbons (Fsp3) is 0.786. The van der Waals surface area contributed by atoms with E-state index in [9.17, 15) is 13.2 Å². The number of rotatable bonds is 5. The third-order valence-corrected chi connectivity index (χ3v) is 3.46. The first-order valence-electron chi connectivity index (χ1n) is 7.25. The van der Waals surface area contributed by atoms with Crippen LogP contribution in [-0.2, 0) is 17.3 Å². The molecule has 4 nitrogen and oxygen atoms in total. The van der Waals surface area contributed by atoms with Gasteiger partial charge < -0.3 is 9.15 Å². The number of ether oxygens (including phenoxy) is 1. The summed E-state index contributed by atoms with van der Waals surface area (Å²) in [6.45, 7) is 7.35. The van der Waals surface area contributed by atoms with E-state index in [0.717, 1.165) is 26.1 Å². The summed E-state index contributed by atoms with van der Waals surface area (Å²) in [5, 5.41) is 0. The normalized spacial score (nSPS) is 17.6. The van der Waals surface area contributed by atoms with Crippen molar-refractivity contribution in [2.24, 2.45) is 0 Å². The highest BCUT2D eigenvalue weighted by Crippen LogP contribution is 2.35. The lowest BCUT2D eigenvalue weighted by Gasteiger charge is -2.26. The highest BCUT2D eigenvalue weighted by atomic mass is 19.4. The van der Waals surface area contributed by atoms with E-state index in [0.29, 0.717) is 19.6 Å². The molecule has 0 atom stereocenters. The number of nitrogens with zero attached hydrogens (tertiary/aromatic N) is 2. The first-order valence-corrected chi connectivity index (χ1v) is 7.25. The van der Waals surface area contributed by atoms with E-state index in [4.69, 9.17) is 9.15 Å². The number of alkyl halides is 3. The largest absolute Gasteiger partial charge is 0.445 e. The van der Waals surface area contributed by atoms with Crippen LogP contribution in [0.5, 0.6) is 0 Å². The number of hydrogen-bond acceptors (Lipinski definition) is 4. The van der Waals surface area contributed by atoms with Gasteiger partial charge in [0.15, 0.2) is 11.6 Å². The summed E-state index contributed by atoms with van der Waals surface area (Å²) in [5.41, 5.74) is -0.876. The monoisotopic (exact) mass is 306 g/mol. The molecule has 1 aromatic heterocycles. The molecule has 0 aliphatic carbocycles. The van der Waals surface area contributed by atoms with Crippen molar-refractivity contribution in [3.8, 4) is 0 Å². The van der Waals surface area contributed by atoms with Crippen LogP contribution in [0.4, 0.5) is 13.2 Å². The molecule has 7 heteroatoms. The van der Waals surface area contributed by atoms with Crippen molar-refractivity contribution in [2.75, 3.05) is 32.8 Å². The van der Waals surface area contributed by atoms with Crippen LogP contribution in [0.3, 0.4) is 0 Å². The van der Waals surface area contributed by atoms with Crippen LogP contribution in [0.15, 0.2) is 4.42 Å². The van der Waals surface area contributed by atoms with Gasteiger partial charge in [-0.05, 0) is 13.0 Å². The standard InChI is InChI=1S/C14H21F3N2O2/c1-10(2)12-13(14(15,16)17)18-11(21-12)4-3-5-19-6-8-20-9-7-19/h10H,3-9H2,1-2H3. The van der Waals surface area contributed by atoms with Gasteiger partial charge in [0, 0.05) is 25.4 Å². The lowest BCUT2D eigenvalue weighted by molar-refractivity contribution is -0.142. The number of aromatic nitrogens is 1. The SMILES string of the molecule is CC(C)c1oc(CCCN2CCOCC2)nc1C(F)(F)F. The molecule has 1 saturated heterocycles. The topological polar surface area (TPSA) is 38.5 Å². The molecule has 1 aliphatic heterocycles. The minimum Gasteiger partial charge on any atom is -0.445 e. The Morgan fingerprint density at radius 3 is 2.43 bits per heavy atom. The summed E-state index contributed by atoms with van der Waals surface area (Å²) in [5.74, 6) is -0.217. The molecule has 0 N–H and O–H groups in total. The van der Waals surface area contributed by atoms with Gasteiger partial charge in [-0.25, -0.2) is 4.98 Å². The van der Waals surface area contributed by atoms with Gasteiger partial charge in [-0.1, -0.05) is 13.8 Å². The van der Waals surface area contributed by atoms with Gasteiger partial charge in [0.2, 0.25) is 0 Å². The van der Waals surface area contributed by atoms with E-state index in [1.807, 2.05) is 0 Å². The quantitative estimate of drug-likeness (QED) is 0.838. The predicted molar refractivity (Wildman–Crippen MR) is 71.2 cm³/mol. The minimum absolute atomic E-state index is 0.0659. The molecule has 21 heavy (non-hydrogen) atoms. The number of aryl methyl sites for hydroxylation is 1. The van der Waals surface area contributed by atoms with E-state index in [1.54, 1.807) is 13.8 Å². The number of morpholine rings is 1. The summed E-state index contributed by atoms with van der Waals surface area (Å²) < 4.78 is 49.2. The molecule has 0 aromatic carbocycles. The van der Waals surface area contributed by atoms with Gasteiger partial charge in [-0.2, -0.15) is 13.2 Å². The Balaban J connectivity index is 1.94. The highest BCUT2D eigenvalue weighted by Gasteiger charge is 2.39. The average Bonchev–Trinajstić information content (AvgIpc) is 2.84. The van der Waals surface area contributed by atoms with Crippen LogP contribution in [-0.4, -0.2) is 42.7 Å². The number of halogens is 3. The zero-order chi connectivity index (χ0) is 15.5. The molecule has 1 aliphatic rings. The van der Waals surface area contributed by atoms with E-state index in [1.165, 1.54) is 0 Å². The van der Waals surface area contributed by atoms with Crippen LogP contribution in [0.25, 0.3) is 0 Å². The molecule has 0 saturated carbocycles. The lowest BCUT2D eigenvalue weighted by atomic mass is 10.1. The zero-order valence-electron chi connectivity index (χ0n) is 12.4. The van der Waals surface area contributed by atoms with Crippen molar-refractivity contribution < 1.29 is 22.3 Å². The Labute approximate surface area is 122 Å². The van der Waals surface area contributed by atoms with Crippen molar-refractivity contribution in [1.82, 2.24) is 9.88 Å². The van der Waals surface area contributed by atoms with Gasteiger partial charge in [-0.3, -0.25) is 4.90 Å². The fourth-order valence-corrected chi connectivity index (χ4v) is 2.36. The van der Waals surface area contributed by atoms with Crippen LogP contribution < -0.4 is 0 Å². The molecule has 120 valence electrons. The third-order valence-electron chi connectivity index (χ3n) is 3.46. The predicted octanol–water partition coefficient (Wildman–Crippen LogP) is 3.08. The summed E-state index contributed by atoms with van der Waals surface area (Å²) in [6.07, 6.45) is -3.30. The van der Waals surface area contributed by atoms with Crippen LogP contribution in [0, 0.1) is 0 Å². The summed E-state index contributed by atoms with van der Waals surface area (Å²) in [7, 11) is 0. The Morgan fingerprint density at radius 2 is 1.90 bits per heavy atom. The smallest absolute Gasteiger partial charge is 0.436 e. The maximum absolute atomic E-state index is 12.9. The van der Waals surface area contributed by atoms with Gasteiger partial charge >= 0.3 is 6.18 Å². The van der Waals surface area contributed by atoms with Gasteiger partial charge in [0.1, 0.15) is 5.76 Å². The highest BCUT2D eigenvalue weighted by molar-refractivity contribution is 5.17. The number of hydrogen-bond donors (Lipinski definition) is 0. The molecule has 1 aromatic rings. The molecule has 0 bridgehead atoms. The summed E-state index contributed by atoms with van der Waals surface area (Å²) >= 11 is 0. The molecule has 0 spiro atoms. The second-order valence-corrected chi connectivity index (χ2v) is 5.53. The first-order chi connectivity index (χ1) is 9.88. The second-order valence-electron chi connectivity index (χ2n) is 5.53. The van der Waals surface area contributed by atoms with E-state index >= 15 is 0 Å². The van der Waals surface area contributed by atoms with Gasteiger partial charge in [0.05, 0.1) is 13.2 Å². The summed E-state index contributed by atoms with van der Waals surface area (Å²) in [4.78, 5) is 5.89. The molecule has 2 rings (SSSR count). The van der Waals surface area contributed by atoms with Crippen molar-refractivity contribution in [3.63, 3.8) is 0 Å². The Morgan fingerprint density at radius 1 is 1.24 bits per heavy atom. The van der Waals surface area contributed by atoms with E-state index in [2.05, 4.69) is 9.88 Å². The van der Waals surface area contributed by atoms with E-state index < -0.39 is 11.9 Å². The van der Waals surface area contributed by atoms with Crippen molar-refractivity contribution >= 4 is 0 Å². The van der Waals surface area contributed by atoms with Crippen LogP contribution in [0.1, 0.15) is 43.5 Å². The second kappa shape index (κ2) is 6.79. The Hall–Kier alpha value is -1.08. The molecule has 1 fully saturated rings. The third kappa shape index (κ3) is 4.44. The maximum Gasteiger partial charge on any atom is 0.436 e. The molecular formula is C14H21F3N2O2. The zero-order valence-corrected chi connectivity index (χ0v) is 12.4. The fourth-order valence-electron chi connectivity index (χ4n) is 2.36. The van der Waals surface area contributed by atoms with Crippen LogP contribution >= 0.6 is 0 Å². The Bertz CT molecular complexity index is 452. The minimum atomic E-state index is -4.45. The van der Waals surface area contributed by atoms with Gasteiger partial charge in [-0.15, -0.1) is 0 Å². The molecule has 0 radical (unpaired) electrons. The maximum atomic E-state index is 12.9. The van der Waals surface area contributed by atoms with Gasteiger partial charge in [0.25, 0.3) is 0 Å². The average molecular weight is 306 g/mol. The van der Waals surface area contributed by atoms with E-state index in [-0.39, 0.29) is 17.6 Å². The van der Waals surface area contributed by atoms with Crippen molar-refractivity contribution in [1.29, 1.82) is 0 Å².